The van der Waals surface area contributed by atoms with Gasteiger partial charge in [0.05, 0.1) is 17.9 Å². The van der Waals surface area contributed by atoms with Gasteiger partial charge in [0.1, 0.15) is 5.76 Å². The predicted molar refractivity (Wildman–Crippen MR) is 58.5 cm³/mol. The average Bonchev–Trinajstić information content (AvgIpc) is 2.74. The van der Waals surface area contributed by atoms with Crippen molar-refractivity contribution in [3.8, 4) is 0 Å². The summed E-state index contributed by atoms with van der Waals surface area (Å²) in [4.78, 5) is 12.3. The molecule has 0 amide bonds. The zero-order chi connectivity index (χ0) is 11.4. The molecule has 2 aromatic heterocycles. The molecule has 0 aliphatic carbocycles. The fourth-order valence-corrected chi connectivity index (χ4v) is 1.34. The molecule has 1 N–H and O–H groups in total. The topological polar surface area (TPSA) is 63.8 Å². The van der Waals surface area contributed by atoms with Gasteiger partial charge in [-0.25, -0.2) is 4.98 Å². The van der Waals surface area contributed by atoms with E-state index in [2.05, 4.69) is 20.3 Å². The Kier molecular flexibility index (Phi) is 3.26. The van der Waals surface area contributed by atoms with Crippen LogP contribution in [-0.4, -0.2) is 15.0 Å². The standard InChI is InChI=1S/C11H14N4O/c1-8-5-15-11(16-8)9(2)14-7-10-6-12-3-4-13-10/h3-6,9,14H,7H2,1-2H3. The van der Waals surface area contributed by atoms with E-state index in [0.717, 1.165) is 11.5 Å². The highest BCUT2D eigenvalue weighted by Crippen LogP contribution is 2.12. The van der Waals surface area contributed by atoms with E-state index in [0.29, 0.717) is 12.4 Å². The van der Waals surface area contributed by atoms with E-state index in [1.54, 1.807) is 24.8 Å². The summed E-state index contributed by atoms with van der Waals surface area (Å²) in [6, 6.07) is 0.0655. The van der Waals surface area contributed by atoms with E-state index in [4.69, 9.17) is 4.42 Å². The van der Waals surface area contributed by atoms with Crippen LogP contribution < -0.4 is 5.32 Å². The van der Waals surface area contributed by atoms with Gasteiger partial charge in [-0.1, -0.05) is 0 Å². The normalized spacial score (nSPS) is 12.6. The summed E-state index contributed by atoms with van der Waals surface area (Å²) in [6.07, 6.45) is 6.79. The largest absolute Gasteiger partial charge is 0.444 e. The summed E-state index contributed by atoms with van der Waals surface area (Å²) >= 11 is 0. The fraction of sp³-hybridized carbons (Fsp3) is 0.364. The maximum absolute atomic E-state index is 5.42. The van der Waals surface area contributed by atoms with Gasteiger partial charge in [-0.05, 0) is 13.8 Å². The van der Waals surface area contributed by atoms with Gasteiger partial charge in [-0.15, -0.1) is 0 Å². The number of hydrogen-bond acceptors (Lipinski definition) is 5. The lowest BCUT2D eigenvalue weighted by atomic mass is 10.3. The van der Waals surface area contributed by atoms with Crippen LogP contribution in [0.3, 0.4) is 0 Å². The number of hydrogen-bond donors (Lipinski definition) is 1. The Hall–Kier alpha value is -1.75. The van der Waals surface area contributed by atoms with Crippen LogP contribution >= 0.6 is 0 Å². The number of rotatable bonds is 4. The first-order valence-corrected chi connectivity index (χ1v) is 5.16. The molecular formula is C11H14N4O. The van der Waals surface area contributed by atoms with Crippen LogP contribution in [0, 0.1) is 6.92 Å². The molecule has 2 aromatic rings. The molecule has 1 unspecified atom stereocenters. The van der Waals surface area contributed by atoms with Crippen LogP contribution in [0.15, 0.2) is 29.2 Å². The molecule has 5 heteroatoms. The average molecular weight is 218 g/mol. The van der Waals surface area contributed by atoms with Crippen molar-refractivity contribution in [2.75, 3.05) is 0 Å². The van der Waals surface area contributed by atoms with Crippen molar-refractivity contribution in [1.29, 1.82) is 0 Å². The van der Waals surface area contributed by atoms with Gasteiger partial charge in [0.25, 0.3) is 0 Å². The molecule has 0 aliphatic rings. The van der Waals surface area contributed by atoms with Crippen molar-refractivity contribution in [2.24, 2.45) is 0 Å². The molecule has 0 saturated heterocycles. The molecule has 84 valence electrons. The van der Waals surface area contributed by atoms with Gasteiger partial charge in [0.15, 0.2) is 0 Å². The summed E-state index contributed by atoms with van der Waals surface area (Å²) < 4.78 is 5.42. The first-order valence-electron chi connectivity index (χ1n) is 5.16. The van der Waals surface area contributed by atoms with Crippen molar-refractivity contribution in [3.05, 3.63) is 42.1 Å². The van der Waals surface area contributed by atoms with Gasteiger partial charge in [0.2, 0.25) is 5.89 Å². The molecule has 0 aromatic carbocycles. The van der Waals surface area contributed by atoms with Crippen LogP contribution in [0.1, 0.15) is 30.3 Å². The van der Waals surface area contributed by atoms with Crippen LogP contribution in [0.2, 0.25) is 0 Å². The first kappa shape index (κ1) is 10.8. The first-order chi connectivity index (χ1) is 7.75. The Morgan fingerprint density at radius 1 is 1.31 bits per heavy atom. The molecule has 0 saturated carbocycles. The number of nitrogens with zero attached hydrogens (tertiary/aromatic N) is 3. The highest BCUT2D eigenvalue weighted by molar-refractivity contribution is 4.98. The van der Waals surface area contributed by atoms with E-state index >= 15 is 0 Å². The molecule has 0 aliphatic heterocycles. The zero-order valence-electron chi connectivity index (χ0n) is 9.34. The molecule has 2 rings (SSSR count). The minimum absolute atomic E-state index is 0.0655. The smallest absolute Gasteiger partial charge is 0.211 e. The van der Waals surface area contributed by atoms with Crippen LogP contribution in [-0.2, 0) is 6.54 Å². The second kappa shape index (κ2) is 4.85. The van der Waals surface area contributed by atoms with E-state index in [1.807, 2.05) is 13.8 Å². The molecule has 0 spiro atoms. The van der Waals surface area contributed by atoms with Crippen LogP contribution in [0.25, 0.3) is 0 Å². The second-order valence-electron chi connectivity index (χ2n) is 3.61. The molecular weight excluding hydrogens is 204 g/mol. The highest BCUT2D eigenvalue weighted by Gasteiger charge is 2.10. The third kappa shape index (κ3) is 2.64. The Morgan fingerprint density at radius 2 is 2.19 bits per heavy atom. The molecule has 5 nitrogen and oxygen atoms in total. The van der Waals surface area contributed by atoms with Crippen molar-refractivity contribution < 1.29 is 4.42 Å². The Bertz CT molecular complexity index is 440. The lowest BCUT2D eigenvalue weighted by Crippen LogP contribution is -2.19. The second-order valence-corrected chi connectivity index (χ2v) is 3.61. The number of oxazole rings is 1. The van der Waals surface area contributed by atoms with Crippen LogP contribution in [0.5, 0.6) is 0 Å². The van der Waals surface area contributed by atoms with Crippen molar-refractivity contribution in [2.45, 2.75) is 26.4 Å². The summed E-state index contributed by atoms with van der Waals surface area (Å²) in [6.45, 7) is 4.53. The van der Waals surface area contributed by atoms with E-state index < -0.39 is 0 Å². The molecule has 16 heavy (non-hydrogen) atoms. The lowest BCUT2D eigenvalue weighted by molar-refractivity contribution is 0.401. The Balaban J connectivity index is 1.91. The maximum atomic E-state index is 5.42. The monoisotopic (exact) mass is 218 g/mol. The van der Waals surface area contributed by atoms with Gasteiger partial charge in [-0.2, -0.15) is 0 Å². The Labute approximate surface area is 94.0 Å². The Morgan fingerprint density at radius 3 is 2.81 bits per heavy atom. The molecule has 2 heterocycles. The van der Waals surface area contributed by atoms with Crippen molar-refractivity contribution >= 4 is 0 Å². The van der Waals surface area contributed by atoms with Crippen molar-refractivity contribution in [1.82, 2.24) is 20.3 Å². The van der Waals surface area contributed by atoms with Gasteiger partial charge < -0.3 is 9.73 Å². The third-order valence-electron chi connectivity index (χ3n) is 2.22. The lowest BCUT2D eigenvalue weighted by Gasteiger charge is -2.09. The van der Waals surface area contributed by atoms with Gasteiger partial charge >= 0.3 is 0 Å². The van der Waals surface area contributed by atoms with E-state index in [-0.39, 0.29) is 6.04 Å². The number of nitrogens with one attached hydrogen (secondary N) is 1. The zero-order valence-corrected chi connectivity index (χ0v) is 9.34. The predicted octanol–water partition coefficient (Wildman–Crippen LogP) is 1.62. The minimum atomic E-state index is 0.0655. The van der Waals surface area contributed by atoms with Gasteiger partial charge in [-0.3, -0.25) is 9.97 Å². The molecule has 1 atom stereocenters. The SMILES string of the molecule is Cc1cnc(C(C)NCc2cnccn2)o1. The van der Waals surface area contributed by atoms with E-state index in [9.17, 15) is 0 Å². The molecule has 0 radical (unpaired) electrons. The van der Waals surface area contributed by atoms with E-state index in [1.165, 1.54) is 0 Å². The quantitative estimate of drug-likeness (QED) is 0.844. The third-order valence-corrected chi connectivity index (χ3v) is 2.22. The summed E-state index contributed by atoms with van der Waals surface area (Å²) in [5.41, 5.74) is 0.901. The summed E-state index contributed by atoms with van der Waals surface area (Å²) in [5, 5.41) is 3.27. The highest BCUT2D eigenvalue weighted by atomic mass is 16.4. The molecule has 0 fully saturated rings. The fourth-order valence-electron chi connectivity index (χ4n) is 1.34. The number of aromatic nitrogens is 3. The van der Waals surface area contributed by atoms with Crippen LogP contribution in [0.4, 0.5) is 0 Å². The maximum Gasteiger partial charge on any atom is 0.211 e. The number of aryl methyl sites for hydroxylation is 1. The summed E-state index contributed by atoms with van der Waals surface area (Å²) in [5.74, 6) is 1.52. The van der Waals surface area contributed by atoms with Gasteiger partial charge in [0, 0.05) is 25.1 Å². The molecule has 0 bridgehead atoms. The summed E-state index contributed by atoms with van der Waals surface area (Å²) in [7, 11) is 0. The minimum Gasteiger partial charge on any atom is -0.444 e. The van der Waals surface area contributed by atoms with Crippen molar-refractivity contribution in [3.63, 3.8) is 0 Å².